The second-order valence-corrected chi connectivity index (χ2v) is 4.99. The number of carbonyl (C=O) groups is 1. The summed E-state index contributed by atoms with van der Waals surface area (Å²) in [6.07, 6.45) is 5.05. The Kier molecular flexibility index (Phi) is 4.14. The smallest absolute Gasteiger partial charge is 0.326 e. The highest BCUT2D eigenvalue weighted by atomic mass is 79.9. The summed E-state index contributed by atoms with van der Waals surface area (Å²) in [6, 6.07) is 2.85. The molecule has 0 aromatic carbocycles. The summed E-state index contributed by atoms with van der Waals surface area (Å²) in [5.74, 6) is 1.43. The molecule has 0 spiro atoms. The quantitative estimate of drug-likeness (QED) is 0.824. The van der Waals surface area contributed by atoms with Crippen molar-refractivity contribution in [3.8, 4) is 12.3 Å². The van der Waals surface area contributed by atoms with Gasteiger partial charge in [0.25, 0.3) is 0 Å². The Balaban J connectivity index is 2.78. The number of carboxylic acids is 1. The first kappa shape index (κ1) is 11.2. The van der Waals surface area contributed by atoms with Gasteiger partial charge in [-0.1, -0.05) is 5.92 Å². The minimum Gasteiger partial charge on any atom is -0.480 e. The second kappa shape index (κ2) is 5.15. The first-order valence-corrected chi connectivity index (χ1v) is 5.41. The van der Waals surface area contributed by atoms with E-state index in [1.807, 2.05) is 6.07 Å². The van der Waals surface area contributed by atoms with E-state index in [2.05, 4.69) is 27.2 Å². The van der Waals surface area contributed by atoms with Crippen molar-refractivity contribution in [3.63, 3.8) is 0 Å². The molecular weight excluding hydrogens is 266 g/mol. The Morgan fingerprint density at radius 2 is 2.50 bits per heavy atom. The minimum atomic E-state index is -0.922. The molecule has 0 bridgehead atoms. The molecule has 1 rings (SSSR count). The first-order valence-electron chi connectivity index (χ1n) is 3.80. The lowest BCUT2D eigenvalue weighted by Crippen LogP contribution is -2.27. The highest BCUT2D eigenvalue weighted by Crippen LogP contribution is 2.27. The van der Waals surface area contributed by atoms with Crippen LogP contribution in [0.15, 0.2) is 15.9 Å². The van der Waals surface area contributed by atoms with Crippen LogP contribution in [0.4, 0.5) is 0 Å². The molecule has 74 valence electrons. The van der Waals surface area contributed by atoms with Crippen molar-refractivity contribution < 1.29 is 9.90 Å². The van der Waals surface area contributed by atoms with Gasteiger partial charge in [-0.25, -0.2) is 0 Å². The Morgan fingerprint density at radius 3 is 2.93 bits per heavy atom. The number of rotatable bonds is 4. The second-order valence-electron chi connectivity index (χ2n) is 2.50. The van der Waals surface area contributed by atoms with E-state index in [0.717, 1.165) is 8.66 Å². The fraction of sp³-hybridized carbons (Fsp3) is 0.222. The molecular formula is C9H8BrNO2S. The first-order chi connectivity index (χ1) is 6.65. The van der Waals surface area contributed by atoms with Gasteiger partial charge < -0.3 is 5.11 Å². The van der Waals surface area contributed by atoms with E-state index in [1.165, 1.54) is 11.3 Å². The van der Waals surface area contributed by atoms with E-state index in [9.17, 15) is 4.79 Å². The van der Waals surface area contributed by atoms with Gasteiger partial charge in [0.15, 0.2) is 0 Å². The number of thiophene rings is 1. The molecule has 3 nitrogen and oxygen atoms in total. The standard InChI is InChI=1S/C9H8BrNO2S/c1-2-5-11-8(9(12)13)6-3-4-7(10)14-6/h1,3-4,8,11H,5H2,(H,12,13). The van der Waals surface area contributed by atoms with Gasteiger partial charge in [0.2, 0.25) is 0 Å². The van der Waals surface area contributed by atoms with Crippen molar-refractivity contribution in [2.75, 3.05) is 6.54 Å². The van der Waals surface area contributed by atoms with Crippen molar-refractivity contribution >= 4 is 33.2 Å². The zero-order chi connectivity index (χ0) is 10.6. The maximum atomic E-state index is 10.9. The van der Waals surface area contributed by atoms with Gasteiger partial charge >= 0.3 is 5.97 Å². The third-order valence-electron chi connectivity index (χ3n) is 1.53. The summed E-state index contributed by atoms with van der Waals surface area (Å²) < 4.78 is 0.904. The molecule has 0 saturated heterocycles. The van der Waals surface area contributed by atoms with Crippen molar-refractivity contribution in [1.82, 2.24) is 5.32 Å². The fourth-order valence-corrected chi connectivity index (χ4v) is 2.45. The van der Waals surface area contributed by atoms with Crippen LogP contribution in [0.2, 0.25) is 0 Å². The molecule has 5 heteroatoms. The summed E-state index contributed by atoms with van der Waals surface area (Å²) in [6.45, 7) is 0.243. The van der Waals surface area contributed by atoms with Gasteiger partial charge in [0.1, 0.15) is 6.04 Å². The molecule has 0 radical (unpaired) electrons. The maximum absolute atomic E-state index is 10.9. The lowest BCUT2D eigenvalue weighted by atomic mass is 10.2. The highest BCUT2D eigenvalue weighted by Gasteiger charge is 2.20. The Hall–Kier alpha value is -0.830. The molecule has 1 atom stereocenters. The van der Waals surface area contributed by atoms with Gasteiger partial charge in [-0.2, -0.15) is 0 Å². The van der Waals surface area contributed by atoms with Crippen molar-refractivity contribution in [2.24, 2.45) is 0 Å². The molecule has 0 aliphatic carbocycles. The summed E-state index contributed by atoms with van der Waals surface area (Å²) in [4.78, 5) is 11.6. The molecule has 0 fully saturated rings. The summed E-state index contributed by atoms with van der Waals surface area (Å²) in [7, 11) is 0. The molecule has 1 heterocycles. The summed E-state index contributed by atoms with van der Waals surface area (Å²) in [5.41, 5.74) is 0. The predicted molar refractivity (Wildman–Crippen MR) is 59.2 cm³/mol. The Morgan fingerprint density at radius 1 is 1.79 bits per heavy atom. The molecule has 2 N–H and O–H groups in total. The van der Waals surface area contributed by atoms with Crippen LogP contribution >= 0.6 is 27.3 Å². The zero-order valence-corrected chi connectivity index (χ0v) is 9.56. The fourth-order valence-electron chi connectivity index (χ4n) is 0.954. The van der Waals surface area contributed by atoms with E-state index in [0.29, 0.717) is 0 Å². The third kappa shape index (κ3) is 2.84. The van der Waals surface area contributed by atoms with Gasteiger partial charge in [-0.15, -0.1) is 17.8 Å². The monoisotopic (exact) mass is 273 g/mol. The topological polar surface area (TPSA) is 49.3 Å². The number of nitrogens with one attached hydrogen (secondary N) is 1. The van der Waals surface area contributed by atoms with Crippen LogP contribution < -0.4 is 5.32 Å². The van der Waals surface area contributed by atoms with Crippen LogP contribution in [-0.2, 0) is 4.79 Å². The average Bonchev–Trinajstić information content (AvgIpc) is 2.52. The largest absolute Gasteiger partial charge is 0.480 e. The van der Waals surface area contributed by atoms with Crippen LogP contribution in [0.1, 0.15) is 10.9 Å². The SMILES string of the molecule is C#CCNC(C(=O)O)c1ccc(Br)s1. The average molecular weight is 274 g/mol. The van der Waals surface area contributed by atoms with Crippen molar-refractivity contribution in [3.05, 3.63) is 20.8 Å². The van der Waals surface area contributed by atoms with Gasteiger partial charge in [-0.3, -0.25) is 10.1 Å². The van der Waals surface area contributed by atoms with Crippen LogP contribution in [-0.4, -0.2) is 17.6 Å². The molecule has 0 saturated carbocycles. The van der Waals surface area contributed by atoms with Crippen LogP contribution in [0.25, 0.3) is 0 Å². The van der Waals surface area contributed by atoms with Crippen molar-refractivity contribution in [1.29, 1.82) is 0 Å². The van der Waals surface area contributed by atoms with E-state index in [4.69, 9.17) is 11.5 Å². The number of aliphatic carboxylic acids is 1. The van der Waals surface area contributed by atoms with Gasteiger partial charge in [0, 0.05) is 4.88 Å². The molecule has 1 aromatic rings. The number of hydrogen-bond acceptors (Lipinski definition) is 3. The number of carboxylic acid groups (broad SMARTS) is 1. The number of hydrogen-bond donors (Lipinski definition) is 2. The Labute approximate surface area is 94.3 Å². The van der Waals surface area contributed by atoms with Crippen LogP contribution in [0.3, 0.4) is 0 Å². The lowest BCUT2D eigenvalue weighted by Gasteiger charge is -2.09. The van der Waals surface area contributed by atoms with E-state index in [1.54, 1.807) is 6.07 Å². The lowest BCUT2D eigenvalue weighted by molar-refractivity contribution is -0.139. The predicted octanol–water partition coefficient (Wildman–Crippen LogP) is 1.86. The number of halogens is 1. The van der Waals surface area contributed by atoms with E-state index < -0.39 is 12.0 Å². The highest BCUT2D eigenvalue weighted by molar-refractivity contribution is 9.11. The van der Waals surface area contributed by atoms with E-state index >= 15 is 0 Å². The summed E-state index contributed by atoms with van der Waals surface area (Å²) >= 11 is 4.65. The van der Waals surface area contributed by atoms with Gasteiger partial charge in [0.05, 0.1) is 10.3 Å². The van der Waals surface area contributed by atoms with Crippen molar-refractivity contribution in [2.45, 2.75) is 6.04 Å². The summed E-state index contributed by atoms with van der Waals surface area (Å²) in [5, 5.41) is 11.7. The molecule has 0 aliphatic rings. The van der Waals surface area contributed by atoms with E-state index in [-0.39, 0.29) is 6.54 Å². The molecule has 0 aliphatic heterocycles. The molecule has 0 amide bonds. The zero-order valence-electron chi connectivity index (χ0n) is 7.16. The molecule has 1 aromatic heterocycles. The van der Waals surface area contributed by atoms with Crippen LogP contribution in [0, 0.1) is 12.3 Å². The Bertz CT molecular complexity index is 369. The molecule has 1 unspecified atom stereocenters. The minimum absolute atomic E-state index is 0.243. The maximum Gasteiger partial charge on any atom is 0.326 e. The van der Waals surface area contributed by atoms with Gasteiger partial charge in [-0.05, 0) is 28.1 Å². The molecule has 14 heavy (non-hydrogen) atoms. The number of terminal acetylenes is 1. The normalized spacial score (nSPS) is 12.0. The third-order valence-corrected chi connectivity index (χ3v) is 3.22. The van der Waals surface area contributed by atoms with Crippen LogP contribution in [0.5, 0.6) is 0 Å².